The van der Waals surface area contributed by atoms with Gasteiger partial charge in [-0.2, -0.15) is 0 Å². The number of allylic oxidation sites excluding steroid dienone is 1. The Hall–Kier alpha value is -3.25. The zero-order chi connectivity index (χ0) is 22.1. The smallest absolute Gasteiger partial charge is 0.338 e. The molecule has 0 radical (unpaired) electrons. The number of carbonyl (C=O) groups is 1. The van der Waals surface area contributed by atoms with Crippen LogP contribution in [-0.2, 0) is 9.53 Å². The van der Waals surface area contributed by atoms with Gasteiger partial charge in [0.25, 0.3) is 5.56 Å². The number of rotatable bonds is 4. The zero-order valence-electron chi connectivity index (χ0n) is 18.0. The molecule has 1 aliphatic rings. The first-order chi connectivity index (χ1) is 14.9. The van der Waals surface area contributed by atoms with Crippen LogP contribution in [0.4, 0.5) is 0 Å². The lowest BCUT2D eigenvalue weighted by Crippen LogP contribution is -2.39. The van der Waals surface area contributed by atoms with Gasteiger partial charge in [-0.3, -0.25) is 9.36 Å². The minimum Gasteiger partial charge on any atom is -0.463 e. The van der Waals surface area contributed by atoms with Gasteiger partial charge in [0.15, 0.2) is 4.80 Å². The summed E-state index contributed by atoms with van der Waals surface area (Å²) < 4.78 is 7.52. The number of aromatic nitrogens is 1. The molecule has 1 aliphatic heterocycles. The fourth-order valence-electron chi connectivity index (χ4n) is 3.67. The minimum absolute atomic E-state index is 0.163. The molecule has 31 heavy (non-hydrogen) atoms. The SMILES string of the molecule is CCOC(=O)C1=C(C)N=c2s/c(=C/c3ccc(C)cc3)c(=O)n2[C@@H]1c1ccc(C)cc1. The summed E-state index contributed by atoms with van der Waals surface area (Å²) in [7, 11) is 0. The molecule has 0 fully saturated rings. The van der Waals surface area contributed by atoms with E-state index < -0.39 is 12.0 Å². The van der Waals surface area contributed by atoms with Crippen LogP contribution in [0.1, 0.15) is 42.1 Å². The maximum atomic E-state index is 13.5. The summed E-state index contributed by atoms with van der Waals surface area (Å²) in [5.74, 6) is -0.442. The van der Waals surface area contributed by atoms with Gasteiger partial charge in [-0.25, -0.2) is 9.79 Å². The van der Waals surface area contributed by atoms with Crippen LogP contribution >= 0.6 is 11.3 Å². The summed E-state index contributed by atoms with van der Waals surface area (Å²) in [5.41, 5.74) is 4.88. The Morgan fingerprint density at radius 1 is 1.06 bits per heavy atom. The monoisotopic (exact) mass is 432 g/mol. The highest BCUT2D eigenvalue weighted by molar-refractivity contribution is 7.07. The number of hydrogen-bond acceptors (Lipinski definition) is 5. The number of carbonyl (C=O) groups excluding carboxylic acids is 1. The number of hydrogen-bond donors (Lipinski definition) is 0. The van der Waals surface area contributed by atoms with Gasteiger partial charge in [0, 0.05) is 0 Å². The molecular formula is C25H24N2O3S. The first-order valence-corrected chi connectivity index (χ1v) is 11.0. The maximum Gasteiger partial charge on any atom is 0.338 e. The number of esters is 1. The first-order valence-electron chi connectivity index (χ1n) is 10.2. The Morgan fingerprint density at radius 2 is 1.68 bits per heavy atom. The molecule has 4 rings (SSSR count). The Kier molecular flexibility index (Phi) is 5.74. The third-order valence-electron chi connectivity index (χ3n) is 5.29. The largest absolute Gasteiger partial charge is 0.463 e. The average molecular weight is 433 g/mol. The van der Waals surface area contributed by atoms with Gasteiger partial charge in [0.2, 0.25) is 0 Å². The van der Waals surface area contributed by atoms with Crippen LogP contribution in [-0.4, -0.2) is 17.1 Å². The number of benzene rings is 2. The van der Waals surface area contributed by atoms with Gasteiger partial charge in [0.05, 0.1) is 28.5 Å². The fourth-order valence-corrected chi connectivity index (χ4v) is 4.72. The summed E-state index contributed by atoms with van der Waals surface area (Å²) in [6, 6.07) is 15.3. The van der Waals surface area contributed by atoms with Crippen molar-refractivity contribution in [2.75, 3.05) is 6.61 Å². The lowest BCUT2D eigenvalue weighted by Gasteiger charge is -2.24. The minimum atomic E-state index is -0.573. The summed E-state index contributed by atoms with van der Waals surface area (Å²) in [6.45, 7) is 7.85. The van der Waals surface area contributed by atoms with Gasteiger partial charge in [-0.05, 0) is 44.9 Å². The predicted octanol–water partition coefficient (Wildman–Crippen LogP) is 3.42. The highest BCUT2D eigenvalue weighted by Crippen LogP contribution is 2.30. The van der Waals surface area contributed by atoms with E-state index in [-0.39, 0.29) is 12.2 Å². The molecule has 0 spiro atoms. The second-order valence-electron chi connectivity index (χ2n) is 7.62. The van der Waals surface area contributed by atoms with E-state index in [1.54, 1.807) is 18.4 Å². The molecule has 0 bridgehead atoms. The molecule has 0 N–H and O–H groups in total. The molecule has 1 aromatic heterocycles. The van der Waals surface area contributed by atoms with Crippen LogP contribution < -0.4 is 14.9 Å². The summed E-state index contributed by atoms with van der Waals surface area (Å²) in [6.07, 6.45) is 1.87. The van der Waals surface area contributed by atoms with Crippen molar-refractivity contribution in [3.8, 4) is 0 Å². The number of fused-ring (bicyclic) bond motifs is 1. The molecule has 0 aliphatic carbocycles. The second kappa shape index (κ2) is 8.47. The molecule has 6 heteroatoms. The van der Waals surface area contributed by atoms with Crippen LogP contribution in [0, 0.1) is 13.8 Å². The highest BCUT2D eigenvalue weighted by Gasteiger charge is 2.33. The van der Waals surface area contributed by atoms with Crippen LogP contribution in [0.15, 0.2) is 69.6 Å². The lowest BCUT2D eigenvalue weighted by atomic mass is 9.95. The van der Waals surface area contributed by atoms with Crippen molar-refractivity contribution in [1.82, 2.24) is 4.57 Å². The topological polar surface area (TPSA) is 60.7 Å². The summed E-state index contributed by atoms with van der Waals surface area (Å²) in [4.78, 5) is 31.5. The van der Waals surface area contributed by atoms with E-state index in [4.69, 9.17) is 4.74 Å². The van der Waals surface area contributed by atoms with Crippen LogP contribution in [0.25, 0.3) is 6.08 Å². The lowest BCUT2D eigenvalue weighted by molar-refractivity contribution is -0.139. The van der Waals surface area contributed by atoms with E-state index in [1.807, 2.05) is 68.5 Å². The standard InChI is InChI=1S/C25H24N2O3S/c1-5-30-24(29)21-17(4)26-25-27(22(21)19-12-8-16(3)9-13-19)23(28)20(31-25)14-18-10-6-15(2)7-11-18/h6-14,22H,5H2,1-4H3/b20-14+/t22-/m1/s1. The molecule has 5 nitrogen and oxygen atoms in total. The first kappa shape index (κ1) is 21.0. The van der Waals surface area contributed by atoms with Gasteiger partial charge >= 0.3 is 5.97 Å². The highest BCUT2D eigenvalue weighted by atomic mass is 32.1. The van der Waals surface area contributed by atoms with Crippen molar-refractivity contribution in [3.63, 3.8) is 0 Å². The quantitative estimate of drug-likeness (QED) is 0.594. The van der Waals surface area contributed by atoms with Gasteiger partial charge < -0.3 is 4.74 Å². The van der Waals surface area contributed by atoms with Crippen LogP contribution in [0.3, 0.4) is 0 Å². The van der Waals surface area contributed by atoms with Crippen molar-refractivity contribution in [3.05, 3.63) is 102 Å². The van der Waals surface area contributed by atoms with E-state index in [0.29, 0.717) is 20.6 Å². The predicted molar refractivity (Wildman–Crippen MR) is 123 cm³/mol. The van der Waals surface area contributed by atoms with E-state index in [1.165, 1.54) is 11.3 Å². The van der Waals surface area contributed by atoms with E-state index in [9.17, 15) is 9.59 Å². The maximum absolute atomic E-state index is 13.5. The summed E-state index contributed by atoms with van der Waals surface area (Å²) in [5, 5.41) is 0. The molecular weight excluding hydrogens is 408 g/mol. The Bertz CT molecular complexity index is 1340. The van der Waals surface area contributed by atoms with Crippen molar-refractivity contribution in [2.45, 2.75) is 33.7 Å². The number of thiazole rings is 1. The molecule has 2 aromatic carbocycles. The summed E-state index contributed by atoms with van der Waals surface area (Å²) >= 11 is 1.34. The molecule has 1 atom stereocenters. The van der Waals surface area contributed by atoms with Crippen LogP contribution in [0.5, 0.6) is 0 Å². The fraction of sp³-hybridized carbons (Fsp3) is 0.240. The van der Waals surface area contributed by atoms with Crippen molar-refractivity contribution >= 4 is 23.4 Å². The second-order valence-corrected chi connectivity index (χ2v) is 8.63. The molecule has 0 saturated carbocycles. The van der Waals surface area contributed by atoms with E-state index in [0.717, 1.165) is 22.3 Å². The third kappa shape index (κ3) is 4.03. The Balaban J connectivity index is 1.94. The average Bonchev–Trinajstić information content (AvgIpc) is 3.04. The Morgan fingerprint density at radius 3 is 2.29 bits per heavy atom. The van der Waals surface area contributed by atoms with Gasteiger partial charge in [-0.15, -0.1) is 0 Å². The molecule has 3 aromatic rings. The molecule has 0 unspecified atom stereocenters. The van der Waals surface area contributed by atoms with Crippen molar-refractivity contribution in [1.29, 1.82) is 0 Å². The van der Waals surface area contributed by atoms with E-state index >= 15 is 0 Å². The Labute approximate surface area is 184 Å². The van der Waals surface area contributed by atoms with Crippen molar-refractivity contribution in [2.24, 2.45) is 4.99 Å². The van der Waals surface area contributed by atoms with Crippen molar-refractivity contribution < 1.29 is 9.53 Å². The van der Waals surface area contributed by atoms with Gasteiger partial charge in [0.1, 0.15) is 0 Å². The number of aryl methyl sites for hydroxylation is 2. The third-order valence-corrected chi connectivity index (χ3v) is 6.27. The zero-order valence-corrected chi connectivity index (χ0v) is 18.8. The normalized spacial score (nSPS) is 16.1. The van der Waals surface area contributed by atoms with Gasteiger partial charge in [-0.1, -0.05) is 71.0 Å². The molecule has 158 valence electrons. The molecule has 0 amide bonds. The molecule has 0 saturated heterocycles. The number of ether oxygens (including phenoxy) is 1. The van der Waals surface area contributed by atoms with Crippen LogP contribution in [0.2, 0.25) is 0 Å². The number of nitrogens with zero attached hydrogens (tertiary/aromatic N) is 2. The van der Waals surface area contributed by atoms with E-state index in [2.05, 4.69) is 4.99 Å². The molecule has 2 heterocycles.